The molecule has 1 amide bonds. The number of nitrogens with zero attached hydrogens (tertiary/aromatic N) is 1. The van der Waals surface area contributed by atoms with Crippen LogP contribution >= 0.6 is 0 Å². The number of benzene rings is 2. The normalized spacial score (nSPS) is 16.1. The molecule has 1 aliphatic rings. The van der Waals surface area contributed by atoms with Gasteiger partial charge < -0.3 is 4.90 Å². The van der Waals surface area contributed by atoms with Crippen molar-refractivity contribution in [1.82, 2.24) is 4.72 Å². The zero-order valence-corrected chi connectivity index (χ0v) is 15.9. The predicted molar refractivity (Wildman–Crippen MR) is 103 cm³/mol. The van der Waals surface area contributed by atoms with Gasteiger partial charge >= 0.3 is 0 Å². The molecule has 2 aromatic carbocycles. The number of anilines is 1. The molecule has 6 heteroatoms. The molecule has 1 unspecified atom stereocenters. The highest BCUT2D eigenvalue weighted by molar-refractivity contribution is 7.89. The zero-order chi connectivity index (χ0) is 18.7. The molecule has 138 valence electrons. The first kappa shape index (κ1) is 18.6. The molecule has 0 bridgehead atoms. The van der Waals surface area contributed by atoms with Crippen molar-refractivity contribution in [3.63, 3.8) is 0 Å². The summed E-state index contributed by atoms with van der Waals surface area (Å²) in [5.41, 5.74) is 2.88. The second-order valence-electron chi connectivity index (χ2n) is 6.58. The third kappa shape index (κ3) is 3.97. The number of hydrogen-bond acceptors (Lipinski definition) is 3. The largest absolute Gasteiger partial charge is 0.312 e. The van der Waals surface area contributed by atoms with Gasteiger partial charge in [0, 0.05) is 24.7 Å². The Morgan fingerprint density at radius 1 is 1.08 bits per heavy atom. The number of nitrogens with one attached hydrogen (secondary N) is 1. The van der Waals surface area contributed by atoms with Crippen LogP contribution in [0.5, 0.6) is 0 Å². The van der Waals surface area contributed by atoms with Gasteiger partial charge in [-0.15, -0.1) is 0 Å². The molecule has 1 N–H and O–H groups in total. The molecule has 0 spiro atoms. The van der Waals surface area contributed by atoms with Gasteiger partial charge in [-0.2, -0.15) is 0 Å². The van der Waals surface area contributed by atoms with Gasteiger partial charge in [0.05, 0.1) is 4.90 Å². The minimum Gasteiger partial charge on any atom is -0.312 e. The van der Waals surface area contributed by atoms with Gasteiger partial charge in [-0.1, -0.05) is 31.2 Å². The van der Waals surface area contributed by atoms with Crippen molar-refractivity contribution < 1.29 is 13.2 Å². The third-order valence-corrected chi connectivity index (χ3v) is 6.31. The molecule has 1 atom stereocenters. The third-order valence-electron chi connectivity index (χ3n) is 4.75. The summed E-state index contributed by atoms with van der Waals surface area (Å²) in [5.74, 6) is 0.0860. The minimum absolute atomic E-state index is 0.0860. The highest BCUT2D eigenvalue weighted by Gasteiger charge is 2.23. The number of hydrogen-bond donors (Lipinski definition) is 1. The lowest BCUT2D eigenvalue weighted by Gasteiger charge is -2.17. The second kappa shape index (κ2) is 7.60. The van der Waals surface area contributed by atoms with Crippen molar-refractivity contribution in [1.29, 1.82) is 0 Å². The molecular weight excluding hydrogens is 348 g/mol. The van der Waals surface area contributed by atoms with Crippen LogP contribution in [0.2, 0.25) is 0 Å². The van der Waals surface area contributed by atoms with E-state index in [1.807, 2.05) is 31.2 Å². The molecule has 0 aliphatic carbocycles. The first-order valence-electron chi connectivity index (χ1n) is 8.92. The van der Waals surface area contributed by atoms with Crippen LogP contribution in [0.4, 0.5) is 5.69 Å². The maximum Gasteiger partial charge on any atom is 0.241 e. The molecule has 1 fully saturated rings. The van der Waals surface area contributed by atoms with Crippen molar-refractivity contribution in [2.45, 2.75) is 44.0 Å². The smallest absolute Gasteiger partial charge is 0.241 e. The molecule has 1 aliphatic heterocycles. The highest BCUT2D eigenvalue weighted by atomic mass is 32.2. The molecule has 0 aromatic heterocycles. The van der Waals surface area contributed by atoms with E-state index < -0.39 is 10.0 Å². The molecule has 0 saturated carbocycles. The summed E-state index contributed by atoms with van der Waals surface area (Å²) in [6.07, 6.45) is 2.34. The lowest BCUT2D eigenvalue weighted by Crippen LogP contribution is -2.27. The fourth-order valence-corrected chi connectivity index (χ4v) is 4.37. The maximum absolute atomic E-state index is 12.6. The number of carbonyl (C=O) groups is 1. The average Bonchev–Trinajstić information content (AvgIpc) is 3.07. The zero-order valence-electron chi connectivity index (χ0n) is 15.1. The van der Waals surface area contributed by atoms with E-state index >= 15 is 0 Å². The molecule has 5 nitrogen and oxygen atoms in total. The van der Waals surface area contributed by atoms with Crippen LogP contribution in [-0.2, 0) is 21.2 Å². The van der Waals surface area contributed by atoms with Crippen LogP contribution in [0.25, 0.3) is 0 Å². The van der Waals surface area contributed by atoms with Crippen molar-refractivity contribution in [2.75, 3.05) is 11.4 Å². The van der Waals surface area contributed by atoms with E-state index in [9.17, 15) is 13.2 Å². The summed E-state index contributed by atoms with van der Waals surface area (Å²) in [5, 5.41) is 0. The van der Waals surface area contributed by atoms with Gasteiger partial charge in [0.25, 0.3) is 0 Å². The number of aryl methyl sites for hydroxylation is 1. The Kier molecular flexibility index (Phi) is 5.44. The number of rotatable bonds is 6. The van der Waals surface area contributed by atoms with Gasteiger partial charge in [0.1, 0.15) is 0 Å². The summed E-state index contributed by atoms with van der Waals surface area (Å²) >= 11 is 0. The van der Waals surface area contributed by atoms with Crippen LogP contribution in [0.15, 0.2) is 53.4 Å². The first-order valence-corrected chi connectivity index (χ1v) is 10.4. The van der Waals surface area contributed by atoms with E-state index in [2.05, 4.69) is 11.6 Å². The lowest BCUT2D eigenvalue weighted by atomic mass is 10.1. The Hall–Kier alpha value is -2.18. The quantitative estimate of drug-likeness (QED) is 0.845. The van der Waals surface area contributed by atoms with Crippen molar-refractivity contribution in [3.8, 4) is 0 Å². The summed E-state index contributed by atoms with van der Waals surface area (Å²) in [7, 11) is -3.63. The summed E-state index contributed by atoms with van der Waals surface area (Å²) < 4.78 is 28.0. The minimum atomic E-state index is -3.63. The van der Waals surface area contributed by atoms with Gasteiger partial charge in [-0.25, -0.2) is 13.1 Å². The Bertz CT molecular complexity index is 874. The van der Waals surface area contributed by atoms with Crippen molar-refractivity contribution in [2.24, 2.45) is 0 Å². The molecule has 1 saturated heterocycles. The number of amides is 1. The van der Waals surface area contributed by atoms with Gasteiger partial charge in [-0.3, -0.25) is 4.79 Å². The predicted octanol–water partition coefficient (Wildman–Crippen LogP) is 3.42. The van der Waals surface area contributed by atoms with E-state index in [0.29, 0.717) is 13.0 Å². The average molecular weight is 372 g/mol. The van der Waals surface area contributed by atoms with Crippen molar-refractivity contribution in [3.05, 3.63) is 59.7 Å². The fourth-order valence-electron chi connectivity index (χ4n) is 3.14. The van der Waals surface area contributed by atoms with E-state index in [1.54, 1.807) is 29.2 Å². The van der Waals surface area contributed by atoms with E-state index in [1.165, 1.54) is 5.56 Å². The Morgan fingerprint density at radius 3 is 2.27 bits per heavy atom. The fraction of sp³-hybridized carbons (Fsp3) is 0.350. The standard InChI is InChI=1S/C20H24N2O3S/c1-3-16-6-8-17(9-7-16)15(2)21-26(24,25)19-12-10-18(11-13-19)22-14-4-5-20(22)23/h6-13,15,21H,3-5,14H2,1-2H3. The highest BCUT2D eigenvalue weighted by Crippen LogP contribution is 2.24. The topological polar surface area (TPSA) is 66.5 Å². The monoisotopic (exact) mass is 372 g/mol. The molecule has 0 radical (unpaired) electrons. The van der Waals surface area contributed by atoms with Gasteiger partial charge in [0.15, 0.2) is 0 Å². The van der Waals surface area contributed by atoms with Crippen LogP contribution < -0.4 is 9.62 Å². The van der Waals surface area contributed by atoms with Crippen LogP contribution in [0.1, 0.15) is 43.9 Å². The molecule has 3 rings (SSSR count). The molecule has 2 aromatic rings. The van der Waals surface area contributed by atoms with Crippen molar-refractivity contribution >= 4 is 21.6 Å². The number of sulfonamides is 1. The Morgan fingerprint density at radius 2 is 1.73 bits per heavy atom. The Balaban J connectivity index is 1.73. The SMILES string of the molecule is CCc1ccc(C(C)NS(=O)(=O)c2ccc(N3CCCC3=O)cc2)cc1. The second-order valence-corrected chi connectivity index (χ2v) is 8.29. The first-order chi connectivity index (χ1) is 12.4. The molecular formula is C20H24N2O3S. The van der Waals surface area contributed by atoms with Crippen LogP contribution in [0, 0.1) is 0 Å². The van der Waals surface area contributed by atoms with Gasteiger partial charge in [0.2, 0.25) is 15.9 Å². The maximum atomic E-state index is 12.6. The lowest BCUT2D eigenvalue weighted by molar-refractivity contribution is -0.117. The van der Waals surface area contributed by atoms with Crippen LogP contribution in [-0.4, -0.2) is 20.9 Å². The summed E-state index contributed by atoms with van der Waals surface area (Å²) in [4.78, 5) is 13.7. The van der Waals surface area contributed by atoms with Crippen LogP contribution in [0.3, 0.4) is 0 Å². The van der Waals surface area contributed by atoms with E-state index in [-0.39, 0.29) is 16.8 Å². The Labute approximate surface area is 155 Å². The van der Waals surface area contributed by atoms with E-state index in [0.717, 1.165) is 24.1 Å². The number of carbonyl (C=O) groups excluding carboxylic acids is 1. The summed E-state index contributed by atoms with van der Waals surface area (Å²) in [6, 6.07) is 14.1. The van der Waals surface area contributed by atoms with E-state index in [4.69, 9.17) is 0 Å². The molecule has 26 heavy (non-hydrogen) atoms. The summed E-state index contributed by atoms with van der Waals surface area (Å²) in [6.45, 7) is 4.60. The van der Waals surface area contributed by atoms with Gasteiger partial charge in [-0.05, 0) is 55.2 Å². The molecule has 1 heterocycles.